The molecule has 0 atom stereocenters. The highest BCUT2D eigenvalue weighted by Crippen LogP contribution is 2.32. The van der Waals surface area contributed by atoms with E-state index >= 15 is 0 Å². The van der Waals surface area contributed by atoms with Crippen molar-refractivity contribution in [1.29, 1.82) is 0 Å². The van der Waals surface area contributed by atoms with Crippen molar-refractivity contribution in [3.8, 4) is 11.1 Å². The van der Waals surface area contributed by atoms with Gasteiger partial charge in [-0.15, -0.1) is 0 Å². The van der Waals surface area contributed by atoms with Crippen LogP contribution in [0.1, 0.15) is 15.9 Å². The molecule has 0 aliphatic heterocycles. The van der Waals surface area contributed by atoms with Crippen molar-refractivity contribution in [2.45, 2.75) is 0 Å². The maximum absolute atomic E-state index is 12.1. The van der Waals surface area contributed by atoms with Crippen LogP contribution in [0.25, 0.3) is 22.2 Å². The lowest BCUT2D eigenvalue weighted by atomic mass is 9.84. The zero-order valence-corrected chi connectivity index (χ0v) is 10.5. The van der Waals surface area contributed by atoms with E-state index in [-0.39, 0.29) is 11.5 Å². The number of rotatable bonds is 0. The summed E-state index contributed by atoms with van der Waals surface area (Å²) in [6.07, 6.45) is 0. The van der Waals surface area contributed by atoms with E-state index in [1.165, 1.54) is 0 Å². The molecule has 20 heavy (non-hydrogen) atoms. The lowest BCUT2D eigenvalue weighted by Gasteiger charge is -2.14. The highest BCUT2D eigenvalue weighted by atomic mass is 16.1. The molecule has 0 heterocycles. The van der Waals surface area contributed by atoms with E-state index in [0.29, 0.717) is 11.1 Å². The number of nitrogens with zero attached hydrogens (tertiary/aromatic N) is 4. The van der Waals surface area contributed by atoms with Crippen molar-refractivity contribution in [3.63, 3.8) is 0 Å². The molecule has 0 N–H and O–H groups in total. The van der Waals surface area contributed by atoms with E-state index in [1.807, 2.05) is 30.3 Å². The first-order valence-electron chi connectivity index (χ1n) is 5.80. The van der Waals surface area contributed by atoms with Crippen LogP contribution in [0, 0.1) is 0 Å². The van der Waals surface area contributed by atoms with Gasteiger partial charge in [-0.1, -0.05) is 42.5 Å². The Labute approximate surface area is 115 Å². The Bertz CT molecular complexity index is 767. The van der Waals surface area contributed by atoms with Gasteiger partial charge < -0.3 is 11.1 Å². The van der Waals surface area contributed by atoms with E-state index in [4.69, 9.17) is 11.1 Å². The first kappa shape index (κ1) is 13.3. The van der Waals surface area contributed by atoms with Gasteiger partial charge in [-0.3, -0.25) is 4.79 Å². The van der Waals surface area contributed by atoms with Crippen molar-refractivity contribution in [2.75, 3.05) is 0 Å². The van der Waals surface area contributed by atoms with Crippen LogP contribution >= 0.6 is 0 Å². The van der Waals surface area contributed by atoms with Crippen LogP contribution in [0.3, 0.4) is 0 Å². The molecule has 2 aromatic rings. The van der Waals surface area contributed by atoms with E-state index in [2.05, 4.69) is 16.3 Å². The lowest BCUT2D eigenvalue weighted by Crippen LogP contribution is -2.22. The fourth-order valence-electron chi connectivity index (χ4n) is 2.19. The third kappa shape index (κ3) is 2.10. The molecule has 96 valence electrons. The Morgan fingerprint density at radius 2 is 1.20 bits per heavy atom. The van der Waals surface area contributed by atoms with E-state index < -0.39 is 0 Å². The topological polar surface area (TPSA) is 89.9 Å². The molecule has 5 nitrogen and oxygen atoms in total. The van der Waals surface area contributed by atoms with Crippen LogP contribution in [0.5, 0.6) is 0 Å². The van der Waals surface area contributed by atoms with Gasteiger partial charge in [-0.25, -0.2) is 0 Å². The second kappa shape index (κ2) is 5.67. The standard InChI is InChI=1S/C14H8N2O.CH2N2/c15-16-13-11-7-3-1-5-9(11)10-6-2-4-8-12(10)14(13)17;1-3-2/h1-8H;1H2. The largest absolute Gasteiger partial charge is 0.370 e. The molecule has 0 bridgehead atoms. The van der Waals surface area contributed by atoms with E-state index in [1.54, 1.807) is 18.2 Å². The average Bonchev–Trinajstić information content (AvgIpc) is 2.49. The molecule has 0 unspecified atom stereocenters. The molecule has 2 aromatic carbocycles. The minimum Gasteiger partial charge on any atom is -0.362 e. The van der Waals surface area contributed by atoms with Gasteiger partial charge in [0.25, 0.3) is 5.78 Å². The lowest BCUT2D eigenvalue weighted by molar-refractivity contribution is -0.00503. The molecule has 0 saturated carbocycles. The molecule has 0 amide bonds. The third-order valence-electron chi connectivity index (χ3n) is 2.96. The van der Waals surface area contributed by atoms with Crippen molar-refractivity contribution in [1.82, 2.24) is 0 Å². The number of ketones is 1. The molecule has 0 spiro atoms. The summed E-state index contributed by atoms with van der Waals surface area (Å²) in [5, 5.41) is 0. The minimum absolute atomic E-state index is 0.110. The van der Waals surface area contributed by atoms with Crippen molar-refractivity contribution < 1.29 is 14.4 Å². The third-order valence-corrected chi connectivity index (χ3v) is 2.96. The van der Waals surface area contributed by atoms with E-state index in [9.17, 15) is 4.79 Å². The molecular formula is C15H10N4O. The summed E-state index contributed by atoms with van der Waals surface area (Å²) in [5.74, 6) is -0.234. The van der Waals surface area contributed by atoms with Gasteiger partial charge in [-0.05, 0) is 17.2 Å². The fraction of sp³-hybridized carbons (Fsp3) is 0. The van der Waals surface area contributed by atoms with Gasteiger partial charge in [0.1, 0.15) is 0 Å². The maximum atomic E-state index is 12.1. The van der Waals surface area contributed by atoms with Crippen LogP contribution in [-0.2, 0) is 0 Å². The van der Waals surface area contributed by atoms with Crippen LogP contribution in [0.15, 0.2) is 48.5 Å². The molecule has 0 radical (unpaired) electrons. The first-order valence-corrected chi connectivity index (χ1v) is 5.80. The summed E-state index contributed by atoms with van der Waals surface area (Å²) >= 11 is 0. The van der Waals surface area contributed by atoms with Gasteiger partial charge in [-0.2, -0.15) is 9.58 Å². The van der Waals surface area contributed by atoms with Gasteiger partial charge in [0.15, 0.2) is 0 Å². The molecule has 3 rings (SSSR count). The number of carbonyl (C=O) groups excluding carboxylic acids is 1. The highest BCUT2D eigenvalue weighted by Gasteiger charge is 2.33. The van der Waals surface area contributed by atoms with Gasteiger partial charge in [0, 0.05) is 5.56 Å². The summed E-state index contributed by atoms with van der Waals surface area (Å²) in [6, 6.07) is 14.8. The van der Waals surface area contributed by atoms with Gasteiger partial charge in [0.2, 0.25) is 6.72 Å². The van der Waals surface area contributed by atoms with Crippen LogP contribution in [0.2, 0.25) is 0 Å². The number of hydrogen-bond acceptors (Lipinski definition) is 1. The van der Waals surface area contributed by atoms with Gasteiger partial charge >= 0.3 is 5.71 Å². The van der Waals surface area contributed by atoms with Crippen molar-refractivity contribution in [2.24, 2.45) is 0 Å². The van der Waals surface area contributed by atoms with Crippen molar-refractivity contribution >= 4 is 18.2 Å². The monoisotopic (exact) mass is 262 g/mol. The molecule has 5 heteroatoms. The van der Waals surface area contributed by atoms with E-state index in [0.717, 1.165) is 11.1 Å². The van der Waals surface area contributed by atoms with Crippen molar-refractivity contribution in [3.05, 3.63) is 70.7 Å². The average molecular weight is 262 g/mol. The summed E-state index contributed by atoms with van der Waals surface area (Å²) in [5.41, 5.74) is 19.3. The normalized spacial score (nSPS) is 11.2. The second-order valence-corrected chi connectivity index (χ2v) is 4.01. The molecule has 0 saturated heterocycles. The smallest absolute Gasteiger partial charge is 0.362 e. The Morgan fingerprint density at radius 3 is 1.70 bits per heavy atom. The minimum atomic E-state index is -0.234. The van der Waals surface area contributed by atoms with Crippen LogP contribution < -0.4 is 0 Å². The molecule has 1 aliphatic carbocycles. The summed E-state index contributed by atoms with van der Waals surface area (Å²) in [6.45, 7) is 2.67. The molecular weight excluding hydrogens is 252 g/mol. The number of hydrogen-bond donors (Lipinski definition) is 0. The maximum Gasteiger partial charge on any atom is 0.370 e. The summed E-state index contributed by atoms with van der Waals surface area (Å²) < 4.78 is 0. The number of carbonyl (C=O) groups is 1. The zero-order valence-electron chi connectivity index (χ0n) is 10.5. The molecule has 0 aromatic heterocycles. The Morgan fingerprint density at radius 1 is 0.800 bits per heavy atom. The Balaban J connectivity index is 0.000000452. The molecule has 0 fully saturated rings. The quantitative estimate of drug-likeness (QED) is 0.407. The predicted octanol–water partition coefficient (Wildman–Crippen LogP) is 2.49. The summed E-state index contributed by atoms with van der Waals surface area (Å²) in [4.78, 5) is 17.5. The predicted molar refractivity (Wildman–Crippen MR) is 74.7 cm³/mol. The number of benzene rings is 2. The Kier molecular flexibility index (Phi) is 3.77. The first-order chi connectivity index (χ1) is 9.74. The second-order valence-electron chi connectivity index (χ2n) is 4.01. The SMILES string of the molecule is C=[N+]=[N-].[N-]=[N+]=C1C(=O)c2ccccc2-c2ccccc21. The van der Waals surface area contributed by atoms with Crippen LogP contribution in [-0.4, -0.2) is 27.8 Å². The van der Waals surface area contributed by atoms with Crippen LogP contribution in [0.4, 0.5) is 0 Å². The Hall–Kier alpha value is -3.13. The highest BCUT2D eigenvalue weighted by molar-refractivity contribution is 6.53. The zero-order chi connectivity index (χ0) is 14.5. The number of Topliss-reactive ketones (excluding diaryl/α,β-unsaturated/α-hetero) is 1. The van der Waals surface area contributed by atoms with Gasteiger partial charge in [0.05, 0.1) is 5.56 Å². The summed E-state index contributed by atoms with van der Waals surface area (Å²) in [7, 11) is 0. The number of fused-ring (bicyclic) bond motifs is 3. The fourth-order valence-corrected chi connectivity index (χ4v) is 2.19. The molecule has 1 aliphatic rings.